The lowest BCUT2D eigenvalue weighted by atomic mass is 10.1. The average molecular weight is 406 g/mol. The third-order valence-corrected chi connectivity index (χ3v) is 6.33. The molecule has 144 valence electrons. The molecule has 3 rings (SSSR count). The summed E-state index contributed by atoms with van der Waals surface area (Å²) in [5.74, 6) is 0.956. The Labute approximate surface area is 167 Å². The maximum atomic E-state index is 12.7. The molecule has 1 aliphatic heterocycles. The van der Waals surface area contributed by atoms with Gasteiger partial charge in [-0.05, 0) is 24.1 Å². The lowest BCUT2D eigenvalue weighted by Crippen LogP contribution is -2.27. The minimum atomic E-state index is -0.119. The van der Waals surface area contributed by atoms with Gasteiger partial charge in [0, 0.05) is 25.0 Å². The molecule has 1 N–H and O–H groups in total. The molecule has 1 aliphatic rings. The van der Waals surface area contributed by atoms with Gasteiger partial charge in [0.05, 0.1) is 29.5 Å². The Bertz CT molecular complexity index is 866. The number of anilines is 1. The van der Waals surface area contributed by atoms with Crippen molar-refractivity contribution in [2.45, 2.75) is 36.4 Å². The molecule has 8 heteroatoms. The van der Waals surface area contributed by atoms with Crippen molar-refractivity contribution in [3.8, 4) is 0 Å². The van der Waals surface area contributed by atoms with Crippen LogP contribution >= 0.6 is 23.5 Å². The quantitative estimate of drug-likeness (QED) is 0.538. The number of fused-ring (bicyclic) bond motifs is 1. The van der Waals surface area contributed by atoms with Crippen LogP contribution in [-0.4, -0.2) is 40.7 Å². The Hall–Kier alpha value is -1.77. The van der Waals surface area contributed by atoms with Gasteiger partial charge in [0.1, 0.15) is 0 Å². The maximum Gasteiger partial charge on any atom is 0.268 e. The molecule has 6 nitrogen and oxygen atoms in total. The van der Waals surface area contributed by atoms with Gasteiger partial charge in [-0.1, -0.05) is 30.8 Å². The number of methoxy groups -OCH3 is 1. The minimum absolute atomic E-state index is 0.0300. The SMILES string of the molecule is CCc1ccc(NC(=O)CSc2nc3c(c(=O)n2CCOC)SCC3)cc1. The van der Waals surface area contributed by atoms with Crippen LogP contribution in [0.15, 0.2) is 39.1 Å². The van der Waals surface area contributed by atoms with Crippen LogP contribution in [0.2, 0.25) is 0 Å². The fourth-order valence-corrected chi connectivity index (χ4v) is 4.65. The number of rotatable bonds is 8. The number of nitrogens with zero attached hydrogens (tertiary/aromatic N) is 2. The van der Waals surface area contributed by atoms with Crippen molar-refractivity contribution < 1.29 is 9.53 Å². The summed E-state index contributed by atoms with van der Waals surface area (Å²) in [6, 6.07) is 7.82. The highest BCUT2D eigenvalue weighted by molar-refractivity contribution is 8.00. The van der Waals surface area contributed by atoms with Crippen LogP contribution in [-0.2, 0) is 28.9 Å². The van der Waals surface area contributed by atoms with E-state index in [0.717, 1.165) is 34.9 Å². The zero-order valence-electron chi connectivity index (χ0n) is 15.5. The van der Waals surface area contributed by atoms with Crippen molar-refractivity contribution in [2.75, 3.05) is 30.5 Å². The van der Waals surface area contributed by atoms with Gasteiger partial charge in [-0.3, -0.25) is 14.2 Å². The van der Waals surface area contributed by atoms with Crippen molar-refractivity contribution >= 4 is 35.1 Å². The largest absolute Gasteiger partial charge is 0.383 e. The van der Waals surface area contributed by atoms with Crippen LogP contribution in [0.25, 0.3) is 0 Å². The standard InChI is InChI=1S/C19H23N3O3S2/c1-3-13-4-6-14(7-5-13)20-16(23)12-27-19-21-15-8-11-26-17(15)18(24)22(19)9-10-25-2/h4-7H,3,8-12H2,1-2H3,(H,20,23). The van der Waals surface area contributed by atoms with Gasteiger partial charge in [0.15, 0.2) is 5.16 Å². The molecular formula is C19H23N3O3S2. The summed E-state index contributed by atoms with van der Waals surface area (Å²) < 4.78 is 6.74. The van der Waals surface area contributed by atoms with E-state index >= 15 is 0 Å². The van der Waals surface area contributed by atoms with Gasteiger partial charge in [-0.2, -0.15) is 0 Å². The Morgan fingerprint density at radius 1 is 1.37 bits per heavy atom. The molecular weight excluding hydrogens is 382 g/mol. The molecule has 0 saturated heterocycles. The van der Waals surface area contributed by atoms with Crippen molar-refractivity contribution in [1.82, 2.24) is 9.55 Å². The molecule has 0 bridgehead atoms. The lowest BCUT2D eigenvalue weighted by molar-refractivity contribution is -0.113. The first-order valence-corrected chi connectivity index (χ1v) is 10.9. The summed E-state index contributed by atoms with van der Waals surface area (Å²) in [6.07, 6.45) is 1.76. The summed E-state index contributed by atoms with van der Waals surface area (Å²) in [5.41, 5.74) is 2.81. The van der Waals surface area contributed by atoms with E-state index in [4.69, 9.17) is 4.74 Å². The van der Waals surface area contributed by atoms with Gasteiger partial charge in [0.25, 0.3) is 5.56 Å². The monoisotopic (exact) mass is 405 g/mol. The van der Waals surface area contributed by atoms with E-state index in [1.165, 1.54) is 17.3 Å². The van der Waals surface area contributed by atoms with Crippen molar-refractivity contribution in [1.29, 1.82) is 0 Å². The molecule has 1 amide bonds. The normalized spacial score (nSPS) is 12.8. The van der Waals surface area contributed by atoms with Gasteiger partial charge in [0.2, 0.25) is 5.91 Å². The number of thioether (sulfide) groups is 2. The highest BCUT2D eigenvalue weighted by atomic mass is 32.2. The third-order valence-electron chi connectivity index (χ3n) is 4.25. The van der Waals surface area contributed by atoms with Crippen LogP contribution in [0.5, 0.6) is 0 Å². The van der Waals surface area contributed by atoms with Crippen LogP contribution in [0.4, 0.5) is 5.69 Å². The molecule has 0 aliphatic carbocycles. The zero-order valence-corrected chi connectivity index (χ0v) is 17.1. The molecule has 0 spiro atoms. The summed E-state index contributed by atoms with van der Waals surface area (Å²) in [7, 11) is 1.60. The zero-order chi connectivity index (χ0) is 19.2. The number of aryl methyl sites for hydroxylation is 2. The Kier molecular flexibility index (Phi) is 6.98. The Morgan fingerprint density at radius 3 is 2.85 bits per heavy atom. The number of amides is 1. The smallest absolute Gasteiger partial charge is 0.268 e. The first-order valence-electron chi connectivity index (χ1n) is 8.89. The lowest BCUT2D eigenvalue weighted by Gasteiger charge is -2.13. The Morgan fingerprint density at radius 2 is 2.15 bits per heavy atom. The van der Waals surface area contributed by atoms with Crippen LogP contribution < -0.4 is 10.9 Å². The fraction of sp³-hybridized carbons (Fsp3) is 0.421. The van der Waals surface area contributed by atoms with Crippen LogP contribution in [0.1, 0.15) is 18.2 Å². The number of nitrogens with one attached hydrogen (secondary N) is 1. The minimum Gasteiger partial charge on any atom is -0.383 e. The highest BCUT2D eigenvalue weighted by Gasteiger charge is 2.22. The number of benzene rings is 1. The van der Waals surface area contributed by atoms with E-state index in [0.29, 0.717) is 18.3 Å². The van der Waals surface area contributed by atoms with Crippen molar-refractivity contribution in [3.05, 3.63) is 45.9 Å². The summed E-state index contributed by atoms with van der Waals surface area (Å²) in [6.45, 7) is 2.95. The number of hydrogen-bond donors (Lipinski definition) is 1. The predicted octanol–water partition coefficient (Wildman–Crippen LogP) is 2.83. The van der Waals surface area contributed by atoms with Gasteiger partial charge < -0.3 is 10.1 Å². The number of hydrogen-bond acceptors (Lipinski definition) is 6. The maximum absolute atomic E-state index is 12.7. The average Bonchev–Trinajstić information content (AvgIpc) is 3.15. The van der Waals surface area contributed by atoms with E-state index in [2.05, 4.69) is 17.2 Å². The number of aromatic nitrogens is 2. The molecule has 27 heavy (non-hydrogen) atoms. The summed E-state index contributed by atoms with van der Waals surface area (Å²) in [4.78, 5) is 30.4. The summed E-state index contributed by atoms with van der Waals surface area (Å²) in [5, 5.41) is 3.47. The van der Waals surface area contributed by atoms with E-state index in [9.17, 15) is 9.59 Å². The Balaban J connectivity index is 1.69. The number of carbonyl (C=O) groups is 1. The number of carbonyl (C=O) groups excluding carboxylic acids is 1. The van der Waals surface area contributed by atoms with E-state index in [1.54, 1.807) is 23.4 Å². The predicted molar refractivity (Wildman–Crippen MR) is 110 cm³/mol. The molecule has 1 aromatic carbocycles. The first-order chi connectivity index (χ1) is 13.1. The summed E-state index contributed by atoms with van der Waals surface area (Å²) >= 11 is 2.84. The third kappa shape index (κ3) is 4.94. The van der Waals surface area contributed by atoms with Crippen molar-refractivity contribution in [2.24, 2.45) is 0 Å². The number of ether oxygens (including phenoxy) is 1. The highest BCUT2D eigenvalue weighted by Crippen LogP contribution is 2.28. The van der Waals surface area contributed by atoms with Crippen LogP contribution in [0, 0.1) is 0 Å². The second-order valence-corrected chi connectivity index (χ2v) is 8.15. The molecule has 2 aromatic rings. The second kappa shape index (κ2) is 9.43. The molecule has 0 saturated carbocycles. The first kappa shape index (κ1) is 20.0. The molecule has 0 unspecified atom stereocenters. The molecule has 2 heterocycles. The molecule has 0 atom stereocenters. The van der Waals surface area contributed by atoms with Crippen molar-refractivity contribution in [3.63, 3.8) is 0 Å². The molecule has 0 radical (unpaired) electrons. The fourth-order valence-electron chi connectivity index (χ4n) is 2.76. The van der Waals surface area contributed by atoms with Gasteiger partial charge >= 0.3 is 0 Å². The van der Waals surface area contributed by atoms with Gasteiger partial charge in [-0.25, -0.2) is 4.98 Å². The molecule has 0 fully saturated rings. The van der Waals surface area contributed by atoms with E-state index in [1.807, 2.05) is 24.3 Å². The van der Waals surface area contributed by atoms with Crippen LogP contribution in [0.3, 0.4) is 0 Å². The van der Waals surface area contributed by atoms with E-state index in [-0.39, 0.29) is 17.2 Å². The second-order valence-electron chi connectivity index (χ2n) is 6.11. The molecule has 1 aromatic heterocycles. The van der Waals surface area contributed by atoms with Gasteiger partial charge in [-0.15, -0.1) is 11.8 Å². The van der Waals surface area contributed by atoms with E-state index < -0.39 is 0 Å². The topological polar surface area (TPSA) is 73.2 Å².